The molecular weight excluding hydrogens is 243 g/mol. The van der Waals surface area contributed by atoms with Gasteiger partial charge < -0.3 is 10.6 Å². The molecule has 94 valence electrons. The maximum atomic E-state index is 13.4. The second-order valence-corrected chi connectivity index (χ2v) is 4.27. The Hall–Kier alpha value is -1.13. The van der Waals surface area contributed by atoms with Gasteiger partial charge in [-0.2, -0.15) is 0 Å². The number of amides is 1. The van der Waals surface area contributed by atoms with Gasteiger partial charge in [-0.25, -0.2) is 4.39 Å². The van der Waals surface area contributed by atoms with Crippen molar-refractivity contribution in [2.24, 2.45) is 0 Å². The molecule has 0 bridgehead atoms. The van der Waals surface area contributed by atoms with E-state index in [0.29, 0.717) is 11.4 Å². The van der Waals surface area contributed by atoms with E-state index >= 15 is 0 Å². The first-order valence-corrected chi connectivity index (χ1v) is 5.89. The molecule has 0 aliphatic carbocycles. The molecular formula is C12H16ClFN2O. The number of carbonyl (C=O) groups is 1. The lowest BCUT2D eigenvalue weighted by Crippen LogP contribution is -2.30. The van der Waals surface area contributed by atoms with E-state index in [9.17, 15) is 9.18 Å². The Morgan fingerprint density at radius 2 is 2.24 bits per heavy atom. The summed E-state index contributed by atoms with van der Waals surface area (Å²) in [5.41, 5.74) is 0.156. The summed E-state index contributed by atoms with van der Waals surface area (Å²) < 4.78 is 13.4. The lowest BCUT2D eigenvalue weighted by Gasteiger charge is -2.12. The Labute approximate surface area is 105 Å². The summed E-state index contributed by atoms with van der Waals surface area (Å²) in [6.45, 7) is 4.66. The monoisotopic (exact) mass is 258 g/mol. The van der Waals surface area contributed by atoms with Crippen LogP contribution in [0.5, 0.6) is 0 Å². The van der Waals surface area contributed by atoms with Crippen molar-refractivity contribution in [3.63, 3.8) is 0 Å². The zero-order valence-electron chi connectivity index (χ0n) is 9.89. The van der Waals surface area contributed by atoms with E-state index in [1.54, 1.807) is 0 Å². The normalized spacial score (nSPS) is 12.2. The molecule has 2 N–H and O–H groups in total. The van der Waals surface area contributed by atoms with E-state index in [1.807, 2.05) is 13.8 Å². The third kappa shape index (κ3) is 4.71. The molecule has 0 spiro atoms. The van der Waals surface area contributed by atoms with Gasteiger partial charge in [-0.3, -0.25) is 4.79 Å². The molecule has 1 amide bonds. The minimum Gasteiger partial charge on any atom is -0.324 e. The quantitative estimate of drug-likeness (QED) is 0.853. The van der Waals surface area contributed by atoms with Gasteiger partial charge in [0.2, 0.25) is 5.91 Å². The number of hydrogen-bond acceptors (Lipinski definition) is 2. The topological polar surface area (TPSA) is 41.1 Å². The van der Waals surface area contributed by atoms with Gasteiger partial charge in [0.15, 0.2) is 0 Å². The summed E-state index contributed by atoms with van der Waals surface area (Å²) in [6.07, 6.45) is 0.301. The zero-order chi connectivity index (χ0) is 12.8. The van der Waals surface area contributed by atoms with Crippen LogP contribution in [0.25, 0.3) is 0 Å². The average Bonchev–Trinajstić information content (AvgIpc) is 2.22. The molecule has 1 aromatic carbocycles. The Bertz CT molecular complexity index is 398. The molecule has 1 unspecified atom stereocenters. The number of carbonyl (C=O) groups excluding carboxylic acids is 1. The number of halogens is 2. The van der Waals surface area contributed by atoms with Crippen molar-refractivity contribution in [2.45, 2.75) is 26.3 Å². The van der Waals surface area contributed by atoms with E-state index in [0.717, 1.165) is 6.54 Å². The van der Waals surface area contributed by atoms with Gasteiger partial charge in [0.05, 0.1) is 5.69 Å². The lowest BCUT2D eigenvalue weighted by molar-refractivity contribution is -0.116. The average molecular weight is 259 g/mol. The van der Waals surface area contributed by atoms with Crippen LogP contribution in [0, 0.1) is 5.82 Å². The summed E-state index contributed by atoms with van der Waals surface area (Å²) in [7, 11) is 0. The summed E-state index contributed by atoms with van der Waals surface area (Å²) in [5, 5.41) is 5.93. The summed E-state index contributed by atoms with van der Waals surface area (Å²) in [6, 6.07) is 4.22. The van der Waals surface area contributed by atoms with Gasteiger partial charge in [0.25, 0.3) is 0 Å². The molecule has 1 rings (SSSR count). The Balaban J connectivity index is 2.56. The van der Waals surface area contributed by atoms with Crippen molar-refractivity contribution >= 4 is 23.2 Å². The molecule has 3 nitrogen and oxygen atoms in total. The van der Waals surface area contributed by atoms with Gasteiger partial charge in [0.1, 0.15) is 5.82 Å². The minimum absolute atomic E-state index is 0.0651. The fourth-order valence-corrected chi connectivity index (χ4v) is 1.65. The maximum Gasteiger partial charge on any atom is 0.226 e. The highest BCUT2D eigenvalue weighted by atomic mass is 35.5. The first kappa shape index (κ1) is 13.9. The number of rotatable bonds is 5. The predicted octanol–water partition coefficient (Wildman–Crippen LogP) is 2.81. The van der Waals surface area contributed by atoms with Gasteiger partial charge in [-0.1, -0.05) is 18.5 Å². The van der Waals surface area contributed by atoms with Crippen molar-refractivity contribution in [1.29, 1.82) is 0 Å². The third-order valence-electron chi connectivity index (χ3n) is 2.25. The van der Waals surface area contributed by atoms with Crippen molar-refractivity contribution in [3.8, 4) is 0 Å². The standard InChI is InChI=1S/C12H16ClFN2O/c1-3-15-8(2)6-12(17)16-11-5-4-9(13)7-10(11)14/h4-5,7-8,15H,3,6H2,1-2H3,(H,16,17). The van der Waals surface area contributed by atoms with Crippen molar-refractivity contribution in [2.75, 3.05) is 11.9 Å². The first-order valence-electron chi connectivity index (χ1n) is 5.51. The highest BCUT2D eigenvalue weighted by Gasteiger charge is 2.10. The third-order valence-corrected chi connectivity index (χ3v) is 2.48. The highest BCUT2D eigenvalue weighted by Crippen LogP contribution is 2.18. The molecule has 0 fully saturated rings. The second kappa shape index (κ2) is 6.57. The van der Waals surface area contributed by atoms with Crippen molar-refractivity contribution in [1.82, 2.24) is 5.32 Å². The summed E-state index contributed by atoms with van der Waals surface area (Å²) in [5.74, 6) is -0.748. The number of anilines is 1. The Morgan fingerprint density at radius 1 is 1.53 bits per heavy atom. The van der Waals surface area contributed by atoms with E-state index in [1.165, 1.54) is 18.2 Å². The molecule has 0 aromatic heterocycles. The van der Waals surface area contributed by atoms with Crippen LogP contribution in [0.4, 0.5) is 10.1 Å². The van der Waals surface area contributed by atoms with E-state index < -0.39 is 5.82 Å². The van der Waals surface area contributed by atoms with Gasteiger partial charge in [-0.15, -0.1) is 0 Å². The van der Waals surface area contributed by atoms with Crippen LogP contribution in [0.2, 0.25) is 5.02 Å². The number of nitrogens with one attached hydrogen (secondary N) is 2. The molecule has 0 aliphatic rings. The van der Waals surface area contributed by atoms with Gasteiger partial charge >= 0.3 is 0 Å². The molecule has 0 aliphatic heterocycles. The van der Waals surface area contributed by atoms with Crippen LogP contribution in [0.1, 0.15) is 20.3 Å². The zero-order valence-corrected chi connectivity index (χ0v) is 10.6. The van der Waals surface area contributed by atoms with E-state index in [-0.39, 0.29) is 17.6 Å². The molecule has 0 saturated carbocycles. The lowest BCUT2D eigenvalue weighted by atomic mass is 10.2. The largest absolute Gasteiger partial charge is 0.324 e. The van der Waals surface area contributed by atoms with Gasteiger partial charge in [-0.05, 0) is 31.7 Å². The maximum absolute atomic E-state index is 13.4. The van der Waals surface area contributed by atoms with E-state index in [2.05, 4.69) is 10.6 Å². The molecule has 0 radical (unpaired) electrons. The van der Waals surface area contributed by atoms with Crippen LogP contribution < -0.4 is 10.6 Å². The molecule has 1 atom stereocenters. The highest BCUT2D eigenvalue weighted by molar-refractivity contribution is 6.30. The summed E-state index contributed by atoms with van der Waals surface area (Å²) >= 11 is 5.62. The molecule has 1 aromatic rings. The van der Waals surface area contributed by atoms with Gasteiger partial charge in [0, 0.05) is 17.5 Å². The second-order valence-electron chi connectivity index (χ2n) is 3.84. The number of hydrogen-bond donors (Lipinski definition) is 2. The molecule has 0 heterocycles. The Morgan fingerprint density at radius 3 is 2.82 bits per heavy atom. The smallest absolute Gasteiger partial charge is 0.226 e. The SMILES string of the molecule is CCNC(C)CC(=O)Nc1ccc(Cl)cc1F. The number of benzene rings is 1. The molecule has 17 heavy (non-hydrogen) atoms. The fourth-order valence-electron chi connectivity index (χ4n) is 1.49. The first-order chi connectivity index (χ1) is 8.02. The van der Waals surface area contributed by atoms with Crippen LogP contribution in [-0.2, 0) is 4.79 Å². The summed E-state index contributed by atoms with van der Waals surface area (Å²) in [4.78, 5) is 11.6. The van der Waals surface area contributed by atoms with Crippen LogP contribution in [-0.4, -0.2) is 18.5 Å². The predicted molar refractivity (Wildman–Crippen MR) is 67.8 cm³/mol. The van der Waals surface area contributed by atoms with Crippen LogP contribution in [0.3, 0.4) is 0 Å². The Kier molecular flexibility index (Phi) is 5.38. The van der Waals surface area contributed by atoms with Crippen molar-refractivity contribution in [3.05, 3.63) is 29.0 Å². The molecule has 5 heteroatoms. The molecule has 0 saturated heterocycles. The van der Waals surface area contributed by atoms with Crippen LogP contribution in [0.15, 0.2) is 18.2 Å². The fraction of sp³-hybridized carbons (Fsp3) is 0.417. The van der Waals surface area contributed by atoms with E-state index in [4.69, 9.17) is 11.6 Å². The van der Waals surface area contributed by atoms with Crippen molar-refractivity contribution < 1.29 is 9.18 Å². The van der Waals surface area contributed by atoms with Crippen LogP contribution >= 0.6 is 11.6 Å². The minimum atomic E-state index is -0.526.